The van der Waals surface area contributed by atoms with Gasteiger partial charge in [-0.25, -0.2) is 8.78 Å². The molecule has 0 spiro atoms. The zero-order valence-corrected chi connectivity index (χ0v) is 11.6. The molecule has 19 heavy (non-hydrogen) atoms. The molecule has 0 bridgehead atoms. The summed E-state index contributed by atoms with van der Waals surface area (Å²) in [5.74, 6) is -1.72. The van der Waals surface area contributed by atoms with Gasteiger partial charge in [0.2, 0.25) is 0 Å². The average Bonchev–Trinajstić information content (AvgIpc) is 2.88. The fourth-order valence-electron chi connectivity index (χ4n) is 1.77. The molecule has 6 heteroatoms. The van der Waals surface area contributed by atoms with Crippen LogP contribution in [0.3, 0.4) is 0 Å². The number of aromatic nitrogens is 2. The van der Waals surface area contributed by atoms with Crippen molar-refractivity contribution < 1.29 is 8.78 Å². The Morgan fingerprint density at radius 1 is 1.21 bits per heavy atom. The van der Waals surface area contributed by atoms with Crippen LogP contribution in [0.15, 0.2) is 18.2 Å². The smallest absolute Gasteiger partial charge is 0.159 e. The monoisotopic (exact) mass is 283 g/mol. The number of rotatable bonds is 5. The summed E-state index contributed by atoms with van der Waals surface area (Å²) >= 11 is 1.40. The molecule has 1 atom stereocenters. The van der Waals surface area contributed by atoms with Gasteiger partial charge in [-0.1, -0.05) is 25.2 Å². The summed E-state index contributed by atoms with van der Waals surface area (Å²) in [7, 11) is 0. The van der Waals surface area contributed by atoms with Gasteiger partial charge < -0.3 is 5.32 Å². The fourth-order valence-corrected chi connectivity index (χ4v) is 2.77. The number of hydrogen-bond donors (Lipinski definition) is 1. The summed E-state index contributed by atoms with van der Waals surface area (Å²) in [5.41, 5.74) is 0.550. The first kappa shape index (κ1) is 14.0. The molecule has 0 aliphatic heterocycles. The predicted octanol–water partition coefficient (Wildman–Crippen LogP) is 3.54. The molecule has 0 amide bonds. The van der Waals surface area contributed by atoms with Crippen LogP contribution in [0.5, 0.6) is 0 Å². The first-order valence-electron chi connectivity index (χ1n) is 6.17. The van der Waals surface area contributed by atoms with Crippen LogP contribution in [0.2, 0.25) is 0 Å². The molecule has 0 saturated heterocycles. The summed E-state index contributed by atoms with van der Waals surface area (Å²) in [5, 5.41) is 12.9. The number of nitrogens with zero attached hydrogens (tertiary/aromatic N) is 2. The van der Waals surface area contributed by atoms with Gasteiger partial charge in [-0.3, -0.25) is 0 Å². The molecule has 2 rings (SSSR count). The van der Waals surface area contributed by atoms with Crippen molar-refractivity contribution in [2.24, 2.45) is 0 Å². The molecule has 1 aromatic heterocycles. The van der Waals surface area contributed by atoms with Gasteiger partial charge in [0.05, 0.1) is 6.04 Å². The minimum Gasteiger partial charge on any atom is -0.308 e. The largest absolute Gasteiger partial charge is 0.308 e. The Balaban J connectivity index is 2.27. The normalized spacial score (nSPS) is 12.6. The molecule has 0 aliphatic rings. The topological polar surface area (TPSA) is 37.8 Å². The molecule has 102 valence electrons. The van der Waals surface area contributed by atoms with E-state index in [0.29, 0.717) is 10.6 Å². The van der Waals surface area contributed by atoms with Crippen molar-refractivity contribution >= 4 is 11.3 Å². The second kappa shape index (κ2) is 6.16. The number of hydrogen-bond acceptors (Lipinski definition) is 4. The Bertz CT molecular complexity index is 557. The van der Waals surface area contributed by atoms with Crippen LogP contribution in [-0.2, 0) is 0 Å². The van der Waals surface area contributed by atoms with Crippen molar-refractivity contribution in [2.45, 2.75) is 26.3 Å². The van der Waals surface area contributed by atoms with Crippen LogP contribution >= 0.6 is 11.3 Å². The third-order valence-electron chi connectivity index (χ3n) is 2.76. The van der Waals surface area contributed by atoms with E-state index in [9.17, 15) is 8.78 Å². The first-order valence-corrected chi connectivity index (χ1v) is 6.99. The number of halogens is 2. The molecule has 2 aromatic rings. The Kier molecular flexibility index (Phi) is 4.55. The molecule has 0 fully saturated rings. The lowest BCUT2D eigenvalue weighted by Gasteiger charge is -2.10. The lowest BCUT2D eigenvalue weighted by atomic mass is 10.2. The molecule has 1 unspecified atom stereocenters. The fraction of sp³-hybridized carbons (Fsp3) is 0.385. The first-order chi connectivity index (χ1) is 9.15. The van der Waals surface area contributed by atoms with E-state index in [1.54, 1.807) is 0 Å². The van der Waals surface area contributed by atoms with Crippen LogP contribution in [0, 0.1) is 11.6 Å². The van der Waals surface area contributed by atoms with Crippen molar-refractivity contribution in [2.75, 3.05) is 6.54 Å². The number of benzene rings is 1. The average molecular weight is 283 g/mol. The van der Waals surface area contributed by atoms with E-state index in [1.807, 2.05) is 6.92 Å². The highest BCUT2D eigenvalue weighted by Crippen LogP contribution is 2.28. The van der Waals surface area contributed by atoms with Gasteiger partial charge in [-0.05, 0) is 31.2 Å². The van der Waals surface area contributed by atoms with Gasteiger partial charge in [0.25, 0.3) is 0 Å². The van der Waals surface area contributed by atoms with Crippen molar-refractivity contribution in [3.05, 3.63) is 34.8 Å². The van der Waals surface area contributed by atoms with E-state index in [0.717, 1.165) is 30.1 Å². The van der Waals surface area contributed by atoms with Gasteiger partial charge in [0, 0.05) is 5.56 Å². The molecule has 1 heterocycles. The second-order valence-electron chi connectivity index (χ2n) is 4.09. The van der Waals surface area contributed by atoms with Gasteiger partial charge in [-0.15, -0.1) is 10.2 Å². The van der Waals surface area contributed by atoms with E-state index in [1.165, 1.54) is 17.4 Å². The maximum absolute atomic E-state index is 13.2. The summed E-state index contributed by atoms with van der Waals surface area (Å²) in [6.07, 6.45) is 0.903. The van der Waals surface area contributed by atoms with Crippen LogP contribution in [0.4, 0.5) is 8.78 Å². The summed E-state index contributed by atoms with van der Waals surface area (Å²) in [6, 6.07) is 3.92. The lowest BCUT2D eigenvalue weighted by molar-refractivity contribution is 0.509. The van der Waals surface area contributed by atoms with Crippen molar-refractivity contribution in [1.82, 2.24) is 15.5 Å². The predicted molar refractivity (Wildman–Crippen MR) is 72.0 cm³/mol. The third-order valence-corrected chi connectivity index (χ3v) is 3.85. The summed E-state index contributed by atoms with van der Waals surface area (Å²) in [6.45, 7) is 4.94. The summed E-state index contributed by atoms with van der Waals surface area (Å²) in [4.78, 5) is 0. The highest BCUT2D eigenvalue weighted by atomic mass is 32.1. The Labute approximate surface area is 114 Å². The second-order valence-corrected chi connectivity index (χ2v) is 5.10. The molecule has 3 nitrogen and oxygen atoms in total. The standard InChI is InChI=1S/C13H15F2N3S/c1-3-11(16-4-2)13-18-17-12(19-13)8-5-6-9(14)10(15)7-8/h5-7,11,16H,3-4H2,1-2H3. The van der Waals surface area contributed by atoms with Gasteiger partial charge in [0.15, 0.2) is 11.6 Å². The van der Waals surface area contributed by atoms with Gasteiger partial charge >= 0.3 is 0 Å². The quantitative estimate of drug-likeness (QED) is 0.912. The molecule has 0 aliphatic carbocycles. The maximum atomic E-state index is 13.2. The minimum absolute atomic E-state index is 0.154. The molecular formula is C13H15F2N3S. The Morgan fingerprint density at radius 2 is 2.00 bits per heavy atom. The Morgan fingerprint density at radius 3 is 2.63 bits per heavy atom. The number of nitrogens with one attached hydrogen (secondary N) is 1. The third kappa shape index (κ3) is 3.13. The van der Waals surface area contributed by atoms with Crippen LogP contribution < -0.4 is 5.32 Å². The van der Waals surface area contributed by atoms with E-state index in [2.05, 4.69) is 22.4 Å². The SMILES string of the molecule is CCNC(CC)c1nnc(-c2ccc(F)c(F)c2)s1. The highest BCUT2D eigenvalue weighted by molar-refractivity contribution is 7.14. The van der Waals surface area contributed by atoms with Crippen molar-refractivity contribution in [1.29, 1.82) is 0 Å². The zero-order chi connectivity index (χ0) is 13.8. The van der Waals surface area contributed by atoms with Crippen LogP contribution in [0.1, 0.15) is 31.3 Å². The van der Waals surface area contributed by atoms with E-state index in [4.69, 9.17) is 0 Å². The molecular weight excluding hydrogens is 268 g/mol. The van der Waals surface area contributed by atoms with E-state index >= 15 is 0 Å². The van der Waals surface area contributed by atoms with Gasteiger partial charge in [-0.2, -0.15) is 0 Å². The lowest BCUT2D eigenvalue weighted by Crippen LogP contribution is -2.19. The van der Waals surface area contributed by atoms with Crippen LogP contribution in [-0.4, -0.2) is 16.7 Å². The van der Waals surface area contributed by atoms with Crippen molar-refractivity contribution in [3.63, 3.8) is 0 Å². The molecule has 0 saturated carbocycles. The molecule has 0 radical (unpaired) electrons. The summed E-state index contributed by atoms with van der Waals surface area (Å²) < 4.78 is 26.1. The van der Waals surface area contributed by atoms with Gasteiger partial charge in [0.1, 0.15) is 10.0 Å². The zero-order valence-electron chi connectivity index (χ0n) is 10.8. The minimum atomic E-state index is -0.868. The van der Waals surface area contributed by atoms with E-state index in [-0.39, 0.29) is 6.04 Å². The maximum Gasteiger partial charge on any atom is 0.159 e. The van der Waals surface area contributed by atoms with E-state index < -0.39 is 11.6 Å². The molecule has 1 aromatic carbocycles. The highest BCUT2D eigenvalue weighted by Gasteiger charge is 2.15. The molecule has 1 N–H and O–H groups in total. The Hall–Kier alpha value is -1.40. The van der Waals surface area contributed by atoms with Crippen LogP contribution in [0.25, 0.3) is 10.6 Å². The van der Waals surface area contributed by atoms with Crippen molar-refractivity contribution in [3.8, 4) is 10.6 Å².